The lowest BCUT2D eigenvalue weighted by atomic mass is 9.94. The predicted molar refractivity (Wildman–Crippen MR) is 82.6 cm³/mol. The van der Waals surface area contributed by atoms with Crippen molar-refractivity contribution in [2.24, 2.45) is 5.92 Å². The van der Waals surface area contributed by atoms with Gasteiger partial charge in [-0.1, -0.05) is 29.3 Å². The van der Waals surface area contributed by atoms with Gasteiger partial charge < -0.3 is 20.3 Å². The van der Waals surface area contributed by atoms with E-state index in [1.54, 1.807) is 12.1 Å². The van der Waals surface area contributed by atoms with Gasteiger partial charge in [0, 0.05) is 16.1 Å². The molecule has 1 aliphatic rings. The molecular formula is C14H15Cl2NO6. The number of carboxylic acids is 2. The number of nitrogens with one attached hydrogen (secondary N) is 1. The first kappa shape index (κ1) is 19.2. The molecule has 23 heavy (non-hydrogen) atoms. The van der Waals surface area contributed by atoms with Crippen LogP contribution in [0, 0.1) is 5.92 Å². The molecule has 0 spiro atoms. The van der Waals surface area contributed by atoms with Crippen molar-refractivity contribution in [1.29, 1.82) is 0 Å². The zero-order valence-corrected chi connectivity index (χ0v) is 13.6. The summed E-state index contributed by atoms with van der Waals surface area (Å²) >= 11 is 12.0. The van der Waals surface area contributed by atoms with Crippen LogP contribution in [0.5, 0.6) is 0 Å². The van der Waals surface area contributed by atoms with E-state index >= 15 is 0 Å². The number of benzene rings is 1. The maximum atomic E-state index is 11.6. The van der Waals surface area contributed by atoms with E-state index in [2.05, 4.69) is 5.32 Å². The van der Waals surface area contributed by atoms with E-state index in [1.807, 2.05) is 6.07 Å². The van der Waals surface area contributed by atoms with Gasteiger partial charge in [0.05, 0.1) is 13.0 Å². The molecule has 126 valence electrons. The normalized spacial score (nSPS) is 19.4. The van der Waals surface area contributed by atoms with Crippen molar-refractivity contribution in [1.82, 2.24) is 5.32 Å². The number of ether oxygens (including phenoxy) is 1. The van der Waals surface area contributed by atoms with Crippen molar-refractivity contribution in [2.45, 2.75) is 12.5 Å². The van der Waals surface area contributed by atoms with E-state index in [4.69, 9.17) is 47.7 Å². The fraction of sp³-hybridized carbons (Fsp3) is 0.357. The summed E-state index contributed by atoms with van der Waals surface area (Å²) in [5.41, 5.74) is 0.893. The molecule has 0 amide bonds. The molecule has 0 aliphatic carbocycles. The average molecular weight is 364 g/mol. The van der Waals surface area contributed by atoms with E-state index in [1.165, 1.54) is 7.11 Å². The lowest BCUT2D eigenvalue weighted by Crippen LogP contribution is -2.24. The Kier molecular flexibility index (Phi) is 7.28. The highest BCUT2D eigenvalue weighted by molar-refractivity contribution is 6.35. The average Bonchev–Trinajstić information content (AvgIpc) is 2.96. The Morgan fingerprint density at radius 2 is 1.83 bits per heavy atom. The first-order valence-corrected chi connectivity index (χ1v) is 7.26. The summed E-state index contributed by atoms with van der Waals surface area (Å²) in [6, 6.07) is 5.22. The van der Waals surface area contributed by atoms with Crippen molar-refractivity contribution in [3.63, 3.8) is 0 Å². The van der Waals surface area contributed by atoms with Crippen LogP contribution in [0.2, 0.25) is 10.0 Å². The van der Waals surface area contributed by atoms with Crippen LogP contribution in [0.15, 0.2) is 18.2 Å². The zero-order valence-electron chi connectivity index (χ0n) is 12.1. The molecule has 7 nitrogen and oxygen atoms in total. The second-order valence-corrected chi connectivity index (χ2v) is 5.47. The summed E-state index contributed by atoms with van der Waals surface area (Å²) in [7, 11) is 1.40. The van der Waals surface area contributed by atoms with Gasteiger partial charge in [0.1, 0.15) is 0 Å². The summed E-state index contributed by atoms with van der Waals surface area (Å²) in [5.74, 6) is -4.03. The fourth-order valence-corrected chi connectivity index (χ4v) is 2.72. The second kappa shape index (κ2) is 8.71. The number of carboxylic acid groups (broad SMARTS) is 2. The maximum Gasteiger partial charge on any atom is 0.414 e. The maximum absolute atomic E-state index is 11.6. The molecular weight excluding hydrogens is 349 g/mol. The standard InChI is InChI=1S/C12H13Cl2NO2.C2H2O4/c1-17-12(16)9-4-5-15-11(9)8-3-2-7(13)6-10(8)14;3-1(4)2(5)6/h2-3,6,9,11,15H,4-5H2,1H3;(H,3,4)(H,5,6)/t9-,11?;/m1./s1. The summed E-state index contributed by atoms with van der Waals surface area (Å²) < 4.78 is 4.80. The van der Waals surface area contributed by atoms with Crippen LogP contribution >= 0.6 is 23.2 Å². The van der Waals surface area contributed by atoms with E-state index in [9.17, 15) is 4.79 Å². The smallest absolute Gasteiger partial charge is 0.414 e. The summed E-state index contributed by atoms with van der Waals surface area (Å²) in [6.45, 7) is 0.781. The number of halogens is 2. The molecule has 3 N–H and O–H groups in total. The third-order valence-corrected chi connectivity index (χ3v) is 3.77. The van der Waals surface area contributed by atoms with Gasteiger partial charge in [-0.05, 0) is 30.7 Å². The minimum Gasteiger partial charge on any atom is -0.473 e. The Morgan fingerprint density at radius 3 is 2.30 bits per heavy atom. The topological polar surface area (TPSA) is 113 Å². The number of hydrogen-bond acceptors (Lipinski definition) is 5. The Balaban J connectivity index is 0.000000379. The Labute approximate surface area is 142 Å². The summed E-state index contributed by atoms with van der Waals surface area (Å²) in [4.78, 5) is 29.8. The Hall–Kier alpha value is -1.83. The monoisotopic (exact) mass is 363 g/mol. The van der Waals surface area contributed by atoms with Crippen molar-refractivity contribution < 1.29 is 29.3 Å². The van der Waals surface area contributed by atoms with Gasteiger partial charge in [-0.3, -0.25) is 4.79 Å². The first-order valence-electron chi connectivity index (χ1n) is 6.50. The largest absolute Gasteiger partial charge is 0.473 e. The summed E-state index contributed by atoms with van der Waals surface area (Å²) in [5, 5.41) is 19.2. The number of carbonyl (C=O) groups excluding carboxylic acids is 1. The quantitative estimate of drug-likeness (QED) is 0.543. The van der Waals surface area contributed by atoms with E-state index in [-0.39, 0.29) is 17.9 Å². The van der Waals surface area contributed by atoms with Gasteiger partial charge in [-0.2, -0.15) is 0 Å². The molecule has 1 aromatic rings. The zero-order chi connectivity index (χ0) is 17.6. The molecule has 9 heteroatoms. The number of methoxy groups -OCH3 is 1. The molecule has 1 aromatic carbocycles. The highest BCUT2D eigenvalue weighted by atomic mass is 35.5. The molecule has 0 aromatic heterocycles. The third-order valence-electron chi connectivity index (χ3n) is 3.21. The van der Waals surface area contributed by atoms with Gasteiger partial charge in [-0.25, -0.2) is 9.59 Å². The van der Waals surface area contributed by atoms with Crippen LogP contribution in [0.25, 0.3) is 0 Å². The summed E-state index contributed by atoms with van der Waals surface area (Å²) in [6.07, 6.45) is 0.760. The molecule has 0 bridgehead atoms. The van der Waals surface area contributed by atoms with E-state index in [0.29, 0.717) is 10.0 Å². The molecule has 1 fully saturated rings. The van der Waals surface area contributed by atoms with Gasteiger partial charge in [0.15, 0.2) is 0 Å². The molecule has 0 saturated carbocycles. The van der Waals surface area contributed by atoms with Crippen LogP contribution in [0.4, 0.5) is 0 Å². The van der Waals surface area contributed by atoms with E-state index in [0.717, 1.165) is 18.5 Å². The van der Waals surface area contributed by atoms with Gasteiger partial charge in [0.2, 0.25) is 0 Å². The first-order chi connectivity index (χ1) is 10.8. The molecule has 1 heterocycles. The molecule has 0 radical (unpaired) electrons. The fourth-order valence-electron chi connectivity index (χ4n) is 2.19. The molecule has 1 unspecified atom stereocenters. The number of aliphatic carboxylic acids is 2. The van der Waals surface area contributed by atoms with Crippen LogP contribution in [-0.4, -0.2) is 41.8 Å². The third kappa shape index (κ3) is 5.38. The van der Waals surface area contributed by atoms with Gasteiger partial charge >= 0.3 is 17.9 Å². The van der Waals surface area contributed by atoms with Crippen LogP contribution in [0.1, 0.15) is 18.0 Å². The number of carbonyl (C=O) groups is 3. The van der Waals surface area contributed by atoms with Crippen LogP contribution in [0.3, 0.4) is 0 Å². The van der Waals surface area contributed by atoms with Crippen molar-refractivity contribution in [3.8, 4) is 0 Å². The molecule has 1 aliphatic heterocycles. The minimum atomic E-state index is -1.82. The van der Waals surface area contributed by atoms with E-state index < -0.39 is 11.9 Å². The highest BCUT2D eigenvalue weighted by Crippen LogP contribution is 2.35. The van der Waals surface area contributed by atoms with Crippen LogP contribution < -0.4 is 5.32 Å². The van der Waals surface area contributed by atoms with Crippen molar-refractivity contribution in [2.75, 3.05) is 13.7 Å². The molecule has 1 saturated heterocycles. The lowest BCUT2D eigenvalue weighted by molar-refractivity contribution is -0.159. The minimum absolute atomic E-state index is 0.0905. The van der Waals surface area contributed by atoms with Gasteiger partial charge in [0.25, 0.3) is 0 Å². The van der Waals surface area contributed by atoms with Crippen molar-refractivity contribution in [3.05, 3.63) is 33.8 Å². The number of esters is 1. The van der Waals surface area contributed by atoms with Crippen LogP contribution in [-0.2, 0) is 19.1 Å². The highest BCUT2D eigenvalue weighted by Gasteiger charge is 2.35. The Bertz CT molecular complexity index is 595. The predicted octanol–water partition coefficient (Wildman–Crippen LogP) is 1.97. The second-order valence-electron chi connectivity index (χ2n) is 4.63. The number of rotatable bonds is 2. The number of hydrogen-bond donors (Lipinski definition) is 3. The Morgan fingerprint density at radius 1 is 1.22 bits per heavy atom. The lowest BCUT2D eigenvalue weighted by Gasteiger charge is -2.19. The van der Waals surface area contributed by atoms with Gasteiger partial charge in [-0.15, -0.1) is 0 Å². The molecule has 2 rings (SSSR count). The van der Waals surface area contributed by atoms with Crippen molar-refractivity contribution >= 4 is 41.1 Å². The molecule has 2 atom stereocenters. The SMILES string of the molecule is COC(=O)[C@@H]1CCNC1c1ccc(Cl)cc1Cl.O=C(O)C(=O)O.